The highest BCUT2D eigenvalue weighted by Crippen LogP contribution is 2.32. The van der Waals surface area contributed by atoms with Gasteiger partial charge in [0.15, 0.2) is 0 Å². The van der Waals surface area contributed by atoms with Gasteiger partial charge in [-0.05, 0) is 56.6 Å². The van der Waals surface area contributed by atoms with Crippen LogP contribution in [0.15, 0.2) is 42.6 Å². The van der Waals surface area contributed by atoms with Crippen LogP contribution in [0.1, 0.15) is 35.8 Å². The lowest BCUT2D eigenvalue weighted by atomic mass is 9.93. The molecule has 1 aliphatic rings. The van der Waals surface area contributed by atoms with Gasteiger partial charge in [-0.2, -0.15) is 0 Å². The number of hydrogen-bond donors (Lipinski definition) is 0. The van der Waals surface area contributed by atoms with Gasteiger partial charge in [-0.1, -0.05) is 6.07 Å². The fraction of sp³-hybridized carbons (Fsp3) is 0.409. The average molecular weight is 365 g/mol. The first-order chi connectivity index (χ1) is 13.2. The van der Waals surface area contributed by atoms with Gasteiger partial charge in [0, 0.05) is 30.8 Å². The number of aryl methyl sites for hydroxylation is 1. The molecule has 0 aliphatic carbocycles. The highest BCUT2D eigenvalue weighted by molar-refractivity contribution is 5.54. The number of fused-ring (bicyclic) bond motifs is 1. The Hall–Kier alpha value is -2.53. The Balaban J connectivity index is 1.57. The molecule has 142 valence electrons. The Morgan fingerprint density at radius 3 is 2.85 bits per heavy atom. The van der Waals surface area contributed by atoms with Gasteiger partial charge in [0.25, 0.3) is 0 Å². The van der Waals surface area contributed by atoms with Crippen LogP contribution in [-0.2, 0) is 6.54 Å². The van der Waals surface area contributed by atoms with Crippen LogP contribution in [-0.4, -0.2) is 41.6 Å². The molecule has 0 N–H and O–H groups in total. The minimum atomic E-state index is 0.460. The zero-order chi connectivity index (χ0) is 18.8. The number of benzene rings is 1. The van der Waals surface area contributed by atoms with E-state index in [4.69, 9.17) is 14.5 Å². The van der Waals surface area contributed by atoms with E-state index >= 15 is 0 Å². The van der Waals surface area contributed by atoms with Crippen molar-refractivity contribution in [1.29, 1.82) is 0 Å². The number of aromatic nitrogens is 2. The lowest BCUT2D eigenvalue weighted by Crippen LogP contribution is -2.34. The van der Waals surface area contributed by atoms with Crippen LogP contribution in [0.2, 0.25) is 0 Å². The van der Waals surface area contributed by atoms with Gasteiger partial charge in [-0.3, -0.25) is 4.90 Å². The van der Waals surface area contributed by atoms with Crippen molar-refractivity contribution < 1.29 is 9.47 Å². The van der Waals surface area contributed by atoms with Crippen molar-refractivity contribution in [3.63, 3.8) is 0 Å². The first-order valence-electron chi connectivity index (χ1n) is 9.56. The third kappa shape index (κ3) is 3.52. The molecule has 0 radical (unpaired) electrons. The number of piperidine rings is 1. The summed E-state index contributed by atoms with van der Waals surface area (Å²) in [5, 5.41) is 0. The Morgan fingerprint density at radius 2 is 2.04 bits per heavy atom. The van der Waals surface area contributed by atoms with Gasteiger partial charge in [0.05, 0.1) is 25.4 Å². The number of imidazole rings is 1. The predicted molar refractivity (Wildman–Crippen MR) is 107 cm³/mol. The molecule has 3 aromatic rings. The van der Waals surface area contributed by atoms with E-state index in [1.165, 1.54) is 29.6 Å². The molecule has 27 heavy (non-hydrogen) atoms. The van der Waals surface area contributed by atoms with Crippen molar-refractivity contribution in [2.24, 2.45) is 0 Å². The maximum Gasteiger partial charge on any atom is 0.123 e. The van der Waals surface area contributed by atoms with Crippen molar-refractivity contribution in [2.45, 2.75) is 32.2 Å². The molecule has 1 aliphatic heterocycles. The number of methoxy groups -OCH3 is 2. The molecule has 1 fully saturated rings. The normalized spacial score (nSPS) is 18.0. The molecule has 1 saturated heterocycles. The molecular formula is C22H27N3O2. The van der Waals surface area contributed by atoms with Crippen LogP contribution in [0.4, 0.5) is 0 Å². The summed E-state index contributed by atoms with van der Waals surface area (Å²) in [5.41, 5.74) is 3.64. The van der Waals surface area contributed by atoms with E-state index in [1.807, 2.05) is 12.1 Å². The summed E-state index contributed by atoms with van der Waals surface area (Å²) < 4.78 is 13.2. The van der Waals surface area contributed by atoms with Gasteiger partial charge in [-0.25, -0.2) is 4.98 Å². The molecule has 0 spiro atoms. The Morgan fingerprint density at radius 1 is 1.15 bits per heavy atom. The fourth-order valence-electron chi connectivity index (χ4n) is 4.19. The third-order valence-corrected chi connectivity index (χ3v) is 5.53. The predicted octanol–water partition coefficient (Wildman–Crippen LogP) is 4.04. The SMILES string of the molecule is COc1ccc(OC)c(CN2CCC[C@@H](c3nc(C)n4ccccc34)C2)c1. The monoisotopic (exact) mass is 365 g/mol. The van der Waals surface area contributed by atoms with Crippen LogP contribution in [0, 0.1) is 6.92 Å². The number of hydrogen-bond acceptors (Lipinski definition) is 4. The Bertz CT molecular complexity index is 934. The van der Waals surface area contributed by atoms with E-state index in [1.54, 1.807) is 14.2 Å². The van der Waals surface area contributed by atoms with E-state index in [2.05, 4.69) is 46.7 Å². The largest absolute Gasteiger partial charge is 0.497 e. The number of pyridine rings is 1. The molecule has 0 saturated carbocycles. The van der Waals surface area contributed by atoms with Crippen LogP contribution in [0.3, 0.4) is 0 Å². The van der Waals surface area contributed by atoms with Gasteiger partial charge in [0.2, 0.25) is 0 Å². The standard InChI is InChI=1S/C22H27N3O2/c1-16-23-22(20-8-4-5-12-25(16)20)17-7-6-11-24(14-17)15-18-13-19(26-2)9-10-21(18)27-3/h4-5,8-10,12-13,17H,6-7,11,14-15H2,1-3H3/t17-/m1/s1. The number of nitrogens with zero attached hydrogens (tertiary/aromatic N) is 3. The first kappa shape index (κ1) is 17.9. The average Bonchev–Trinajstić information content (AvgIpc) is 3.05. The summed E-state index contributed by atoms with van der Waals surface area (Å²) in [7, 11) is 3.43. The summed E-state index contributed by atoms with van der Waals surface area (Å²) in [4.78, 5) is 7.42. The number of likely N-dealkylation sites (tertiary alicyclic amines) is 1. The second kappa shape index (κ2) is 7.61. The van der Waals surface area contributed by atoms with Crippen molar-refractivity contribution >= 4 is 5.52 Å². The molecule has 0 unspecified atom stereocenters. The van der Waals surface area contributed by atoms with E-state index in [0.29, 0.717) is 5.92 Å². The summed E-state index contributed by atoms with van der Waals surface area (Å²) in [6, 6.07) is 12.4. The second-order valence-electron chi connectivity index (χ2n) is 7.25. The lowest BCUT2D eigenvalue weighted by molar-refractivity contribution is 0.197. The van der Waals surface area contributed by atoms with Crippen LogP contribution >= 0.6 is 0 Å². The molecule has 0 amide bonds. The maximum atomic E-state index is 5.56. The number of rotatable bonds is 5. The van der Waals surface area contributed by atoms with E-state index in [9.17, 15) is 0 Å². The van der Waals surface area contributed by atoms with Gasteiger partial charge in [0.1, 0.15) is 17.3 Å². The molecule has 3 heterocycles. The molecule has 0 bridgehead atoms. The molecular weight excluding hydrogens is 338 g/mol. The minimum Gasteiger partial charge on any atom is -0.497 e. The molecule has 2 aromatic heterocycles. The summed E-state index contributed by atoms with van der Waals surface area (Å²) in [6.45, 7) is 5.06. The topological polar surface area (TPSA) is 39.0 Å². The van der Waals surface area contributed by atoms with E-state index < -0.39 is 0 Å². The molecule has 4 rings (SSSR count). The summed E-state index contributed by atoms with van der Waals surface area (Å²) in [5.74, 6) is 3.31. The van der Waals surface area contributed by atoms with E-state index in [-0.39, 0.29) is 0 Å². The summed E-state index contributed by atoms with van der Waals surface area (Å²) >= 11 is 0. The second-order valence-corrected chi connectivity index (χ2v) is 7.25. The van der Waals surface area contributed by atoms with Crippen molar-refractivity contribution in [3.8, 4) is 11.5 Å². The molecule has 5 heteroatoms. The van der Waals surface area contributed by atoms with Crippen molar-refractivity contribution in [1.82, 2.24) is 14.3 Å². The smallest absolute Gasteiger partial charge is 0.123 e. The highest BCUT2D eigenvalue weighted by atomic mass is 16.5. The number of ether oxygens (including phenoxy) is 2. The van der Waals surface area contributed by atoms with Crippen molar-refractivity contribution in [3.05, 3.63) is 59.7 Å². The van der Waals surface area contributed by atoms with E-state index in [0.717, 1.165) is 37.0 Å². The van der Waals surface area contributed by atoms with Crippen LogP contribution in [0.25, 0.3) is 5.52 Å². The molecule has 5 nitrogen and oxygen atoms in total. The van der Waals surface area contributed by atoms with Crippen molar-refractivity contribution in [2.75, 3.05) is 27.3 Å². The molecule has 1 atom stereocenters. The van der Waals surface area contributed by atoms with Crippen LogP contribution in [0.5, 0.6) is 11.5 Å². The van der Waals surface area contributed by atoms with Gasteiger partial charge >= 0.3 is 0 Å². The third-order valence-electron chi connectivity index (χ3n) is 5.53. The fourth-order valence-corrected chi connectivity index (χ4v) is 4.19. The zero-order valence-electron chi connectivity index (χ0n) is 16.3. The Kier molecular flexibility index (Phi) is 5.03. The Labute approximate surface area is 160 Å². The quantitative estimate of drug-likeness (QED) is 0.684. The summed E-state index contributed by atoms with van der Waals surface area (Å²) in [6.07, 6.45) is 4.47. The van der Waals surface area contributed by atoms with Crippen LogP contribution < -0.4 is 9.47 Å². The lowest BCUT2D eigenvalue weighted by Gasteiger charge is -2.32. The maximum absolute atomic E-state index is 5.56. The van der Waals surface area contributed by atoms with Gasteiger partial charge < -0.3 is 13.9 Å². The first-order valence-corrected chi connectivity index (χ1v) is 9.56. The van der Waals surface area contributed by atoms with Gasteiger partial charge in [-0.15, -0.1) is 0 Å². The molecule has 1 aromatic carbocycles. The zero-order valence-corrected chi connectivity index (χ0v) is 16.3. The minimum absolute atomic E-state index is 0.460. The highest BCUT2D eigenvalue weighted by Gasteiger charge is 2.26.